The zero-order chi connectivity index (χ0) is 32.9. The molecule has 4 unspecified atom stereocenters. The maximum atomic E-state index is 12.0. The van der Waals surface area contributed by atoms with Crippen LogP contribution >= 0.6 is 0 Å². The fraction of sp³-hybridized carbons (Fsp3) is 0.472. The third-order valence-electron chi connectivity index (χ3n) is 10.5. The van der Waals surface area contributed by atoms with E-state index in [9.17, 15) is 9.90 Å². The molecule has 4 atom stereocenters. The molecular weight excluding hydrogens is 608 g/mol. The van der Waals surface area contributed by atoms with E-state index in [-0.39, 0.29) is 12.0 Å². The first kappa shape index (κ1) is 30.9. The number of imidazole rings is 2. The van der Waals surface area contributed by atoms with Gasteiger partial charge in [0.25, 0.3) is 0 Å². The highest BCUT2D eigenvalue weighted by molar-refractivity contribution is 5.91. The number of hydrogen-bond acceptors (Lipinski definition) is 8. The average molecular weight is 653 g/mol. The molecule has 0 spiro atoms. The third-order valence-corrected chi connectivity index (χ3v) is 10.5. The van der Waals surface area contributed by atoms with Crippen molar-refractivity contribution in [3.63, 3.8) is 0 Å². The van der Waals surface area contributed by atoms with Crippen LogP contribution in [0.25, 0.3) is 33.3 Å². The number of likely N-dealkylation sites (tertiary alicyclic amines) is 1. The van der Waals surface area contributed by atoms with Crippen LogP contribution in [-0.4, -0.2) is 73.1 Å². The van der Waals surface area contributed by atoms with Gasteiger partial charge in [0, 0.05) is 23.1 Å². The lowest BCUT2D eigenvalue weighted by Crippen LogP contribution is -2.54. The van der Waals surface area contributed by atoms with Gasteiger partial charge >= 0.3 is 6.09 Å². The smallest absolute Gasteiger partial charge is 0.407 e. The summed E-state index contributed by atoms with van der Waals surface area (Å²) in [7, 11) is 1.33. The molecule has 3 aliphatic heterocycles. The van der Waals surface area contributed by atoms with E-state index in [0.717, 1.165) is 83.9 Å². The molecule has 8 rings (SSSR count). The average Bonchev–Trinajstić information content (AvgIpc) is 3.94. The molecule has 1 aromatic carbocycles. The van der Waals surface area contributed by atoms with E-state index in [1.807, 2.05) is 31.1 Å². The maximum absolute atomic E-state index is 12.0. The number of fused-ring (bicyclic) bond motifs is 4. The number of rotatable bonds is 8. The van der Waals surface area contributed by atoms with Gasteiger partial charge in [-0.3, -0.25) is 4.90 Å². The Morgan fingerprint density at radius 2 is 1.92 bits per heavy atom. The van der Waals surface area contributed by atoms with Crippen LogP contribution < -0.4 is 10.6 Å². The fourth-order valence-electron chi connectivity index (χ4n) is 7.89. The van der Waals surface area contributed by atoms with Crippen molar-refractivity contribution >= 4 is 28.1 Å². The Balaban J connectivity index is 1.02. The zero-order valence-corrected chi connectivity index (χ0v) is 27.8. The van der Waals surface area contributed by atoms with E-state index < -0.39 is 18.4 Å². The number of ether oxygens (including phenoxy) is 2. The molecule has 1 amide bonds. The number of methoxy groups -OCH3 is 1. The Kier molecular flexibility index (Phi) is 8.10. The van der Waals surface area contributed by atoms with Crippen molar-refractivity contribution in [3.05, 3.63) is 71.5 Å². The van der Waals surface area contributed by atoms with E-state index in [2.05, 4.69) is 60.5 Å². The number of nitrogens with zero attached hydrogens (tertiary/aromatic N) is 4. The highest BCUT2D eigenvalue weighted by atomic mass is 16.5. The molecule has 2 fully saturated rings. The van der Waals surface area contributed by atoms with Gasteiger partial charge in [-0.25, -0.2) is 14.8 Å². The molecule has 6 heterocycles. The molecule has 252 valence electrons. The molecule has 4 aliphatic rings. The van der Waals surface area contributed by atoms with Gasteiger partial charge in [-0.05, 0) is 80.8 Å². The van der Waals surface area contributed by atoms with Gasteiger partial charge in [-0.1, -0.05) is 19.9 Å². The van der Waals surface area contributed by atoms with Gasteiger partial charge in [-0.15, -0.1) is 0 Å². The predicted molar refractivity (Wildman–Crippen MR) is 182 cm³/mol. The highest BCUT2D eigenvalue weighted by Crippen LogP contribution is 2.41. The van der Waals surface area contributed by atoms with Crippen LogP contribution in [0.2, 0.25) is 0 Å². The summed E-state index contributed by atoms with van der Waals surface area (Å²) in [5.41, 5.74) is 7.88. The lowest BCUT2D eigenvalue weighted by atomic mass is 9.93. The number of aliphatic hydroxyl groups is 1. The number of carbonyl (C=O) groups is 1. The largest absolute Gasteiger partial charge is 0.472 e. The van der Waals surface area contributed by atoms with E-state index in [1.54, 1.807) is 0 Å². The van der Waals surface area contributed by atoms with Gasteiger partial charge in [0.1, 0.15) is 23.6 Å². The Morgan fingerprint density at radius 1 is 1.08 bits per heavy atom. The number of aromatic amines is 2. The van der Waals surface area contributed by atoms with E-state index >= 15 is 0 Å². The van der Waals surface area contributed by atoms with Crippen LogP contribution in [0, 0.1) is 5.92 Å². The maximum Gasteiger partial charge on any atom is 0.407 e. The number of carbonyl (C=O) groups excluding carboxylic acids is 1. The molecule has 48 heavy (non-hydrogen) atoms. The third kappa shape index (κ3) is 5.51. The summed E-state index contributed by atoms with van der Waals surface area (Å²) in [4.78, 5) is 30.6. The van der Waals surface area contributed by atoms with Crippen molar-refractivity contribution in [2.24, 2.45) is 5.92 Å². The van der Waals surface area contributed by atoms with Gasteiger partial charge in [0.05, 0.1) is 60.2 Å². The summed E-state index contributed by atoms with van der Waals surface area (Å²) in [6.07, 6.45) is 10.6. The Morgan fingerprint density at radius 3 is 2.73 bits per heavy atom. The molecule has 12 nitrogen and oxygen atoms in total. The summed E-state index contributed by atoms with van der Waals surface area (Å²) >= 11 is 0. The molecule has 1 aliphatic carbocycles. The SMILES string of the molecule is COC(=O)NC(C(C)C)C(O)N1CCCC1c1ncc(-c2ccc3c(c2)cc2n3COC3=C2CCC(c2cnc(C4CCCN4)[nH]2)=C3)[nH]1. The van der Waals surface area contributed by atoms with Crippen LogP contribution in [0.1, 0.15) is 87.5 Å². The highest BCUT2D eigenvalue weighted by Gasteiger charge is 2.38. The number of benzene rings is 1. The number of amides is 1. The molecule has 0 saturated carbocycles. The number of H-pyrrole nitrogens is 2. The van der Waals surface area contributed by atoms with Crippen molar-refractivity contribution in [2.75, 3.05) is 20.2 Å². The van der Waals surface area contributed by atoms with Crippen molar-refractivity contribution in [1.29, 1.82) is 0 Å². The number of allylic oxidation sites excluding steroid dienone is 3. The van der Waals surface area contributed by atoms with Gasteiger partial charge < -0.3 is 39.7 Å². The second-order valence-corrected chi connectivity index (χ2v) is 13.7. The van der Waals surface area contributed by atoms with Gasteiger partial charge in [0.15, 0.2) is 6.73 Å². The number of aliphatic hydroxyl groups excluding tert-OH is 1. The number of hydrogen-bond donors (Lipinski definition) is 5. The van der Waals surface area contributed by atoms with Gasteiger partial charge in [-0.2, -0.15) is 0 Å². The van der Waals surface area contributed by atoms with E-state index in [1.165, 1.54) is 30.4 Å². The lowest BCUT2D eigenvalue weighted by Gasteiger charge is -2.35. The lowest BCUT2D eigenvalue weighted by molar-refractivity contribution is -0.0440. The molecule has 2 saturated heterocycles. The van der Waals surface area contributed by atoms with Crippen LogP contribution in [0.3, 0.4) is 0 Å². The summed E-state index contributed by atoms with van der Waals surface area (Å²) in [6, 6.07) is 8.54. The minimum Gasteiger partial charge on any atom is -0.472 e. The first-order valence-electron chi connectivity index (χ1n) is 17.2. The monoisotopic (exact) mass is 652 g/mol. The van der Waals surface area contributed by atoms with Crippen molar-refractivity contribution in [1.82, 2.24) is 40.0 Å². The molecule has 4 aromatic rings. The zero-order valence-electron chi connectivity index (χ0n) is 27.8. The van der Waals surface area contributed by atoms with Crippen molar-refractivity contribution < 1.29 is 19.4 Å². The number of nitrogens with one attached hydrogen (secondary N) is 4. The molecule has 0 bridgehead atoms. The minimum atomic E-state index is -0.868. The van der Waals surface area contributed by atoms with Crippen molar-refractivity contribution in [3.8, 4) is 11.3 Å². The Hall–Kier alpha value is -4.39. The van der Waals surface area contributed by atoms with Crippen LogP contribution in [-0.2, 0) is 16.2 Å². The number of aromatic nitrogens is 5. The standard InChI is InChI=1S/C36H44N8O4/c1-20(2)32(42-36(46)47-3)35(45)43-13-5-7-29(43)34-39-18-26(41-34)21-9-11-28-23(14-21)15-30-24-10-8-22(16-31(24)48-19-44(28)30)27-17-38-33(40-27)25-6-4-12-37-25/h9,11,14-18,20,25,29,32,35,37,45H,4-8,10,12-13,19H2,1-3H3,(H,38,40)(H,39,41)(H,42,46). The predicted octanol–water partition coefficient (Wildman–Crippen LogP) is 5.59. The quantitative estimate of drug-likeness (QED) is 0.166. The molecule has 3 aromatic heterocycles. The minimum absolute atomic E-state index is 0.0138. The second kappa shape index (κ2) is 12.6. The first-order chi connectivity index (χ1) is 23.4. The molecule has 0 radical (unpaired) electrons. The number of alkyl carbamates (subject to hydrolysis) is 1. The molecule has 12 heteroatoms. The first-order valence-corrected chi connectivity index (χ1v) is 17.2. The summed E-state index contributed by atoms with van der Waals surface area (Å²) in [5, 5.41) is 18.9. The molecule has 5 N–H and O–H groups in total. The summed E-state index contributed by atoms with van der Waals surface area (Å²) in [6.45, 7) is 6.19. The van der Waals surface area contributed by atoms with E-state index in [4.69, 9.17) is 14.5 Å². The second-order valence-electron chi connectivity index (χ2n) is 13.7. The van der Waals surface area contributed by atoms with Crippen LogP contribution in [0.4, 0.5) is 4.79 Å². The molecular formula is C36H44N8O4. The fourth-order valence-corrected chi connectivity index (χ4v) is 7.89. The van der Waals surface area contributed by atoms with Crippen molar-refractivity contribution in [2.45, 2.75) is 83.5 Å². The van der Waals surface area contributed by atoms with Gasteiger partial charge in [0.2, 0.25) is 0 Å². The normalized spacial score (nSPS) is 22.4. The Labute approximate surface area is 279 Å². The van der Waals surface area contributed by atoms with Crippen LogP contribution in [0.5, 0.6) is 0 Å². The van der Waals surface area contributed by atoms with Crippen LogP contribution in [0.15, 0.2) is 48.5 Å². The summed E-state index contributed by atoms with van der Waals surface area (Å²) < 4.78 is 13.4. The summed E-state index contributed by atoms with van der Waals surface area (Å²) in [5.74, 6) is 2.80. The topological polar surface area (TPSA) is 145 Å². The Bertz CT molecular complexity index is 1890. The van der Waals surface area contributed by atoms with E-state index in [0.29, 0.717) is 19.3 Å².